The van der Waals surface area contributed by atoms with E-state index in [0.717, 1.165) is 17.9 Å². The molecular weight excluding hydrogens is 396 g/mol. The van der Waals surface area contributed by atoms with Gasteiger partial charge in [-0.15, -0.1) is 0 Å². The fourth-order valence-corrected chi connectivity index (χ4v) is 3.32. The Labute approximate surface area is 183 Å². The Morgan fingerprint density at radius 3 is 2.42 bits per heavy atom. The average molecular weight is 427 g/mol. The molecule has 0 bridgehead atoms. The van der Waals surface area contributed by atoms with Gasteiger partial charge in [0.05, 0.1) is 17.7 Å². The summed E-state index contributed by atoms with van der Waals surface area (Å²) in [5, 5.41) is 2.82. The Bertz CT molecular complexity index is 924. The van der Waals surface area contributed by atoms with E-state index < -0.39 is 5.41 Å². The van der Waals surface area contributed by atoms with E-state index in [1.807, 2.05) is 33.8 Å². The first kappa shape index (κ1) is 22.5. The van der Waals surface area contributed by atoms with Gasteiger partial charge in [-0.2, -0.15) is 0 Å². The van der Waals surface area contributed by atoms with Gasteiger partial charge in [-0.1, -0.05) is 6.92 Å². The van der Waals surface area contributed by atoms with Crippen LogP contribution < -0.4 is 24.4 Å². The molecular formula is C24H30N2O5. The third-order valence-corrected chi connectivity index (χ3v) is 4.90. The highest BCUT2D eigenvalue weighted by atomic mass is 16.5. The Morgan fingerprint density at radius 1 is 1.10 bits per heavy atom. The first-order chi connectivity index (χ1) is 14.8. The van der Waals surface area contributed by atoms with E-state index in [-0.39, 0.29) is 25.0 Å². The monoisotopic (exact) mass is 426 g/mol. The molecule has 0 atom stereocenters. The lowest BCUT2D eigenvalue weighted by molar-refractivity contribution is -0.127. The van der Waals surface area contributed by atoms with Crippen LogP contribution in [-0.4, -0.2) is 38.2 Å². The minimum Gasteiger partial charge on any atom is -0.494 e. The molecule has 2 amide bonds. The zero-order valence-corrected chi connectivity index (χ0v) is 18.6. The summed E-state index contributed by atoms with van der Waals surface area (Å²) in [6.07, 6.45) is 0.836. The lowest BCUT2D eigenvalue weighted by Crippen LogP contribution is -2.42. The predicted octanol–water partition coefficient (Wildman–Crippen LogP) is 4.26. The van der Waals surface area contributed by atoms with Crippen LogP contribution in [-0.2, 0) is 9.59 Å². The van der Waals surface area contributed by atoms with Gasteiger partial charge >= 0.3 is 0 Å². The number of ether oxygens (including phenoxy) is 3. The molecule has 0 radical (unpaired) electrons. The van der Waals surface area contributed by atoms with Crippen LogP contribution in [0.5, 0.6) is 17.2 Å². The van der Waals surface area contributed by atoms with E-state index >= 15 is 0 Å². The average Bonchev–Trinajstić information content (AvgIpc) is 2.84. The van der Waals surface area contributed by atoms with Crippen LogP contribution in [0.2, 0.25) is 0 Å². The molecule has 3 rings (SSSR count). The fraction of sp³-hybridized carbons (Fsp3) is 0.417. The van der Waals surface area contributed by atoms with E-state index in [9.17, 15) is 9.59 Å². The number of hydrogen-bond acceptors (Lipinski definition) is 5. The summed E-state index contributed by atoms with van der Waals surface area (Å²) in [7, 11) is 0. The lowest BCUT2D eigenvalue weighted by atomic mass is 9.93. The molecule has 0 saturated heterocycles. The van der Waals surface area contributed by atoms with Crippen LogP contribution in [0.15, 0.2) is 42.5 Å². The van der Waals surface area contributed by atoms with Crippen molar-refractivity contribution >= 4 is 23.2 Å². The molecule has 0 unspecified atom stereocenters. The van der Waals surface area contributed by atoms with Crippen LogP contribution in [0.3, 0.4) is 0 Å². The van der Waals surface area contributed by atoms with Crippen LogP contribution in [0.4, 0.5) is 11.4 Å². The van der Waals surface area contributed by atoms with Crippen molar-refractivity contribution < 1.29 is 23.8 Å². The number of anilines is 2. The number of nitrogens with one attached hydrogen (secondary N) is 1. The summed E-state index contributed by atoms with van der Waals surface area (Å²) >= 11 is 0. The second kappa shape index (κ2) is 9.73. The molecule has 1 aliphatic heterocycles. The van der Waals surface area contributed by atoms with Crippen molar-refractivity contribution in [3.05, 3.63) is 42.5 Å². The first-order valence-corrected chi connectivity index (χ1v) is 10.6. The molecule has 1 heterocycles. The molecule has 1 N–H and O–H groups in total. The van der Waals surface area contributed by atoms with E-state index in [0.29, 0.717) is 30.3 Å². The SMILES string of the molecule is CCCN1C(=O)C(C)(C)COc2cc(NC(=O)COc3ccc(OCC)cc3)ccc21. The summed E-state index contributed by atoms with van der Waals surface area (Å²) in [5.41, 5.74) is 0.687. The molecule has 7 heteroatoms. The molecule has 7 nitrogen and oxygen atoms in total. The highest BCUT2D eigenvalue weighted by Crippen LogP contribution is 2.38. The van der Waals surface area contributed by atoms with Gasteiger partial charge in [-0.3, -0.25) is 9.59 Å². The Balaban J connectivity index is 1.66. The van der Waals surface area contributed by atoms with Gasteiger partial charge in [0.1, 0.15) is 23.9 Å². The van der Waals surface area contributed by atoms with Crippen LogP contribution in [0.1, 0.15) is 34.1 Å². The Morgan fingerprint density at radius 2 is 1.77 bits per heavy atom. The second-order valence-corrected chi connectivity index (χ2v) is 8.05. The van der Waals surface area contributed by atoms with Crippen molar-refractivity contribution in [2.24, 2.45) is 5.41 Å². The number of fused-ring (bicyclic) bond motifs is 1. The number of carbonyl (C=O) groups is 2. The standard InChI is InChI=1S/C24H30N2O5/c1-5-13-26-20-12-7-17(14-21(20)31-16-24(3,4)23(26)28)25-22(27)15-30-19-10-8-18(9-11-19)29-6-2/h7-12,14H,5-6,13,15-16H2,1-4H3,(H,25,27). The van der Waals surface area contributed by atoms with Gasteiger partial charge in [0, 0.05) is 18.3 Å². The molecule has 0 aromatic heterocycles. The summed E-state index contributed by atoms with van der Waals surface area (Å²) in [5.74, 6) is 1.67. The molecule has 1 aliphatic rings. The third-order valence-electron chi connectivity index (χ3n) is 4.90. The van der Waals surface area contributed by atoms with Crippen molar-refractivity contribution in [1.82, 2.24) is 0 Å². The zero-order valence-electron chi connectivity index (χ0n) is 18.6. The third kappa shape index (κ3) is 5.48. The number of amides is 2. The van der Waals surface area contributed by atoms with E-state index in [1.165, 1.54) is 0 Å². The van der Waals surface area contributed by atoms with Crippen molar-refractivity contribution in [3.63, 3.8) is 0 Å². The smallest absolute Gasteiger partial charge is 0.262 e. The zero-order chi connectivity index (χ0) is 22.4. The van der Waals surface area contributed by atoms with Crippen molar-refractivity contribution in [2.75, 3.05) is 36.6 Å². The maximum atomic E-state index is 12.9. The summed E-state index contributed by atoms with van der Waals surface area (Å²) in [6.45, 7) is 9.06. The highest BCUT2D eigenvalue weighted by molar-refractivity contribution is 6.00. The molecule has 0 spiro atoms. The lowest BCUT2D eigenvalue weighted by Gasteiger charge is -2.27. The molecule has 0 aliphatic carbocycles. The maximum absolute atomic E-state index is 12.9. The summed E-state index contributed by atoms with van der Waals surface area (Å²) in [6, 6.07) is 12.4. The van der Waals surface area contributed by atoms with Crippen LogP contribution in [0, 0.1) is 5.41 Å². The van der Waals surface area contributed by atoms with E-state index in [1.54, 1.807) is 41.3 Å². The molecule has 31 heavy (non-hydrogen) atoms. The molecule has 166 valence electrons. The molecule has 2 aromatic rings. The topological polar surface area (TPSA) is 77.1 Å². The minimum atomic E-state index is -0.622. The van der Waals surface area contributed by atoms with Crippen molar-refractivity contribution in [1.29, 1.82) is 0 Å². The van der Waals surface area contributed by atoms with Gasteiger partial charge in [0.25, 0.3) is 5.91 Å². The first-order valence-electron chi connectivity index (χ1n) is 10.6. The van der Waals surface area contributed by atoms with Crippen LogP contribution in [0.25, 0.3) is 0 Å². The number of hydrogen-bond donors (Lipinski definition) is 1. The van der Waals surface area contributed by atoms with E-state index in [4.69, 9.17) is 14.2 Å². The fourth-order valence-electron chi connectivity index (χ4n) is 3.32. The normalized spacial score (nSPS) is 14.8. The highest BCUT2D eigenvalue weighted by Gasteiger charge is 2.37. The Hall–Kier alpha value is -3.22. The molecule has 0 fully saturated rings. The molecule has 0 saturated carbocycles. The minimum absolute atomic E-state index is 0.0358. The summed E-state index contributed by atoms with van der Waals surface area (Å²) in [4.78, 5) is 27.0. The number of carbonyl (C=O) groups excluding carboxylic acids is 2. The van der Waals surface area contributed by atoms with Gasteiger partial charge < -0.3 is 24.4 Å². The van der Waals surface area contributed by atoms with Gasteiger partial charge in [-0.25, -0.2) is 0 Å². The quantitative estimate of drug-likeness (QED) is 0.682. The van der Waals surface area contributed by atoms with Gasteiger partial charge in [-0.05, 0) is 63.6 Å². The second-order valence-electron chi connectivity index (χ2n) is 8.05. The molecule has 2 aromatic carbocycles. The van der Waals surface area contributed by atoms with Crippen molar-refractivity contribution in [2.45, 2.75) is 34.1 Å². The largest absolute Gasteiger partial charge is 0.494 e. The number of rotatable bonds is 8. The predicted molar refractivity (Wildman–Crippen MR) is 120 cm³/mol. The summed E-state index contributed by atoms with van der Waals surface area (Å²) < 4.78 is 16.9. The van der Waals surface area contributed by atoms with Gasteiger partial charge in [0.2, 0.25) is 5.91 Å². The van der Waals surface area contributed by atoms with Crippen molar-refractivity contribution in [3.8, 4) is 17.2 Å². The number of nitrogens with zero attached hydrogens (tertiary/aromatic N) is 1. The van der Waals surface area contributed by atoms with E-state index in [2.05, 4.69) is 5.32 Å². The van der Waals surface area contributed by atoms with Gasteiger partial charge in [0.15, 0.2) is 6.61 Å². The Kier molecular flexibility index (Phi) is 7.05. The number of benzene rings is 2. The van der Waals surface area contributed by atoms with Crippen LogP contribution >= 0.6 is 0 Å². The maximum Gasteiger partial charge on any atom is 0.262 e.